The molecule has 2 rings (SSSR count). The summed E-state index contributed by atoms with van der Waals surface area (Å²) in [5.74, 6) is 0. The minimum Gasteiger partial charge on any atom is -0.264 e. The van der Waals surface area contributed by atoms with E-state index in [4.69, 9.17) is 10.7 Å². The Kier molecular flexibility index (Phi) is 3.54. The molecular weight excluding hydrogens is 257 g/mol. The second kappa shape index (κ2) is 4.35. The molecule has 0 fully saturated rings. The Hall–Kier alpha value is -0.840. The van der Waals surface area contributed by atoms with E-state index in [0.717, 1.165) is 5.39 Å². The SMILES string of the molecule is Cl.O=S(=O)(Cl)c1cccc2cnccc12. The van der Waals surface area contributed by atoms with E-state index in [9.17, 15) is 8.42 Å². The maximum Gasteiger partial charge on any atom is 0.261 e. The minimum atomic E-state index is -3.68. The van der Waals surface area contributed by atoms with Gasteiger partial charge in [0.05, 0.1) is 4.90 Å². The molecule has 0 bridgehead atoms. The summed E-state index contributed by atoms with van der Waals surface area (Å²) in [4.78, 5) is 4.02. The van der Waals surface area contributed by atoms with E-state index in [-0.39, 0.29) is 17.3 Å². The Morgan fingerprint density at radius 2 is 1.93 bits per heavy atom. The maximum absolute atomic E-state index is 11.2. The molecule has 0 amide bonds. The summed E-state index contributed by atoms with van der Waals surface area (Å²) >= 11 is 0. The summed E-state index contributed by atoms with van der Waals surface area (Å²) in [6.45, 7) is 0. The summed E-state index contributed by atoms with van der Waals surface area (Å²) in [5.41, 5.74) is 0. The molecule has 1 aromatic heterocycles. The van der Waals surface area contributed by atoms with Crippen LogP contribution in [0.3, 0.4) is 0 Å². The fraction of sp³-hybridized carbons (Fsp3) is 0. The van der Waals surface area contributed by atoms with Gasteiger partial charge in [0.2, 0.25) is 0 Å². The standard InChI is InChI=1S/C9H6ClNO2S.ClH/c10-14(12,13)9-3-1-2-7-6-11-5-4-8(7)9;/h1-6H;1H. The monoisotopic (exact) mass is 263 g/mol. The zero-order valence-electron chi connectivity index (χ0n) is 7.42. The van der Waals surface area contributed by atoms with Crippen LogP contribution in [0, 0.1) is 0 Å². The molecule has 0 unspecified atom stereocenters. The van der Waals surface area contributed by atoms with Gasteiger partial charge in [-0.15, -0.1) is 12.4 Å². The third-order valence-electron chi connectivity index (χ3n) is 1.90. The largest absolute Gasteiger partial charge is 0.264 e. The van der Waals surface area contributed by atoms with Gasteiger partial charge in [-0.25, -0.2) is 8.42 Å². The van der Waals surface area contributed by atoms with Crippen molar-refractivity contribution in [1.82, 2.24) is 4.98 Å². The average molecular weight is 264 g/mol. The average Bonchev–Trinajstić information content (AvgIpc) is 2.15. The first-order chi connectivity index (χ1) is 6.59. The van der Waals surface area contributed by atoms with Crippen molar-refractivity contribution in [3.8, 4) is 0 Å². The van der Waals surface area contributed by atoms with Crippen LogP contribution in [0.15, 0.2) is 41.6 Å². The lowest BCUT2D eigenvalue weighted by molar-refractivity contribution is 0.610. The van der Waals surface area contributed by atoms with Gasteiger partial charge in [-0.2, -0.15) is 0 Å². The highest BCUT2D eigenvalue weighted by molar-refractivity contribution is 8.14. The van der Waals surface area contributed by atoms with Crippen LogP contribution in [0.25, 0.3) is 10.8 Å². The zero-order valence-corrected chi connectivity index (χ0v) is 9.81. The Balaban J connectivity index is 0.00000112. The molecule has 80 valence electrons. The van der Waals surface area contributed by atoms with Gasteiger partial charge in [0, 0.05) is 33.8 Å². The summed E-state index contributed by atoms with van der Waals surface area (Å²) in [5, 5.41) is 1.35. The van der Waals surface area contributed by atoms with Crippen LogP contribution in [0.1, 0.15) is 0 Å². The van der Waals surface area contributed by atoms with E-state index in [2.05, 4.69) is 4.98 Å². The number of pyridine rings is 1. The topological polar surface area (TPSA) is 47.0 Å². The molecule has 0 aliphatic heterocycles. The van der Waals surface area contributed by atoms with E-state index in [1.807, 2.05) is 0 Å². The van der Waals surface area contributed by atoms with E-state index in [1.165, 1.54) is 12.3 Å². The predicted molar refractivity (Wildman–Crippen MR) is 62.0 cm³/mol. The van der Waals surface area contributed by atoms with Gasteiger partial charge in [-0.1, -0.05) is 12.1 Å². The van der Waals surface area contributed by atoms with Crippen molar-refractivity contribution in [2.75, 3.05) is 0 Å². The van der Waals surface area contributed by atoms with Crippen molar-refractivity contribution in [3.63, 3.8) is 0 Å². The molecule has 0 saturated heterocycles. The van der Waals surface area contributed by atoms with E-state index in [0.29, 0.717) is 5.39 Å². The van der Waals surface area contributed by atoms with Crippen molar-refractivity contribution in [3.05, 3.63) is 36.7 Å². The van der Waals surface area contributed by atoms with Crippen molar-refractivity contribution in [2.24, 2.45) is 0 Å². The Morgan fingerprint density at radius 1 is 1.20 bits per heavy atom. The number of benzene rings is 1. The molecular formula is C9H7Cl2NO2S. The number of halogens is 2. The Labute approximate surface area is 97.9 Å². The smallest absolute Gasteiger partial charge is 0.261 e. The van der Waals surface area contributed by atoms with E-state index in [1.54, 1.807) is 24.4 Å². The molecule has 0 saturated carbocycles. The minimum absolute atomic E-state index is 0. The zero-order chi connectivity index (χ0) is 10.2. The van der Waals surface area contributed by atoms with Crippen molar-refractivity contribution in [1.29, 1.82) is 0 Å². The molecule has 0 aliphatic carbocycles. The highest BCUT2D eigenvalue weighted by Gasteiger charge is 2.12. The van der Waals surface area contributed by atoms with Crippen molar-refractivity contribution >= 4 is 42.9 Å². The number of fused-ring (bicyclic) bond motifs is 1. The number of hydrogen-bond acceptors (Lipinski definition) is 3. The molecule has 0 aliphatic rings. The molecule has 15 heavy (non-hydrogen) atoms. The van der Waals surface area contributed by atoms with Gasteiger partial charge >= 0.3 is 0 Å². The second-order valence-electron chi connectivity index (χ2n) is 2.79. The van der Waals surface area contributed by atoms with Gasteiger partial charge in [0.25, 0.3) is 9.05 Å². The number of aromatic nitrogens is 1. The summed E-state index contributed by atoms with van der Waals surface area (Å²) in [6, 6.07) is 6.53. The van der Waals surface area contributed by atoms with Crippen LogP contribution in [-0.4, -0.2) is 13.4 Å². The Morgan fingerprint density at radius 3 is 2.60 bits per heavy atom. The third kappa shape index (κ3) is 2.40. The first kappa shape index (κ1) is 12.2. The maximum atomic E-state index is 11.2. The first-order valence-electron chi connectivity index (χ1n) is 3.86. The summed E-state index contributed by atoms with van der Waals surface area (Å²) in [7, 11) is 1.60. The highest BCUT2D eigenvalue weighted by atomic mass is 35.7. The van der Waals surface area contributed by atoms with Crippen LogP contribution in [0.2, 0.25) is 0 Å². The predicted octanol–water partition coefficient (Wildman–Crippen LogP) is 2.58. The first-order valence-corrected chi connectivity index (χ1v) is 6.17. The molecule has 0 spiro atoms. The van der Waals surface area contributed by atoms with Gasteiger partial charge in [0.1, 0.15) is 0 Å². The van der Waals surface area contributed by atoms with Crippen molar-refractivity contribution in [2.45, 2.75) is 4.90 Å². The van der Waals surface area contributed by atoms with Crippen molar-refractivity contribution < 1.29 is 8.42 Å². The number of rotatable bonds is 1. The normalized spacial score (nSPS) is 11.0. The van der Waals surface area contributed by atoms with Crippen LogP contribution >= 0.6 is 23.1 Å². The van der Waals surface area contributed by atoms with Crippen LogP contribution in [0.5, 0.6) is 0 Å². The molecule has 0 atom stereocenters. The molecule has 2 aromatic rings. The fourth-order valence-electron chi connectivity index (χ4n) is 1.31. The van der Waals surface area contributed by atoms with E-state index >= 15 is 0 Å². The molecule has 1 heterocycles. The molecule has 0 N–H and O–H groups in total. The van der Waals surface area contributed by atoms with Crippen LogP contribution in [-0.2, 0) is 9.05 Å². The summed E-state index contributed by atoms with van der Waals surface area (Å²) < 4.78 is 22.4. The number of hydrogen-bond donors (Lipinski definition) is 0. The van der Waals surface area contributed by atoms with Gasteiger partial charge in [0.15, 0.2) is 0 Å². The Bertz CT molecular complexity index is 578. The highest BCUT2D eigenvalue weighted by Crippen LogP contribution is 2.24. The third-order valence-corrected chi connectivity index (χ3v) is 3.28. The molecule has 1 aromatic carbocycles. The van der Waals surface area contributed by atoms with Crippen LogP contribution < -0.4 is 0 Å². The lowest BCUT2D eigenvalue weighted by atomic mass is 10.2. The molecule has 6 heteroatoms. The second-order valence-corrected chi connectivity index (χ2v) is 5.33. The lowest BCUT2D eigenvalue weighted by Crippen LogP contribution is -1.91. The van der Waals surface area contributed by atoms with E-state index < -0.39 is 9.05 Å². The molecule has 0 radical (unpaired) electrons. The van der Waals surface area contributed by atoms with Gasteiger partial charge < -0.3 is 0 Å². The molecule has 3 nitrogen and oxygen atoms in total. The quantitative estimate of drug-likeness (QED) is 0.744. The number of nitrogens with zero attached hydrogens (tertiary/aromatic N) is 1. The van der Waals surface area contributed by atoms with Gasteiger partial charge in [-0.05, 0) is 12.1 Å². The van der Waals surface area contributed by atoms with Gasteiger partial charge in [-0.3, -0.25) is 4.98 Å². The summed E-state index contributed by atoms with van der Waals surface area (Å²) in [6.07, 6.45) is 3.13. The fourth-order valence-corrected chi connectivity index (χ4v) is 2.40. The lowest BCUT2D eigenvalue weighted by Gasteiger charge is -2.01. The van der Waals surface area contributed by atoms with Crippen LogP contribution in [0.4, 0.5) is 0 Å².